The van der Waals surface area contributed by atoms with Crippen molar-refractivity contribution in [2.75, 3.05) is 23.7 Å². The summed E-state index contributed by atoms with van der Waals surface area (Å²) in [6, 6.07) is 12.5. The van der Waals surface area contributed by atoms with Crippen LogP contribution < -0.4 is 4.90 Å². The van der Waals surface area contributed by atoms with Gasteiger partial charge in [-0.2, -0.15) is 0 Å². The Labute approximate surface area is 154 Å². The number of aromatic amines is 1. The molecule has 1 fully saturated rings. The third kappa shape index (κ3) is 3.15. The summed E-state index contributed by atoms with van der Waals surface area (Å²) < 4.78 is 25.8. The Morgan fingerprint density at radius 1 is 1.27 bits per heavy atom. The summed E-state index contributed by atoms with van der Waals surface area (Å²) in [5.74, 6) is 0.272. The standard InChI is InChI=1S/C20H21FN2O2S/c1-2-26(25)16-5-6-20(23-8-7-15(24)12-23)17(11-16)19-9-13-3-4-14(21)10-18(13)22-19/h3-6,9-11,15,22,24H,2,7-8,12H2,1H3/t15?,26-/m1/s1. The van der Waals surface area contributed by atoms with Gasteiger partial charge in [0.15, 0.2) is 0 Å². The van der Waals surface area contributed by atoms with Crippen LogP contribution in [-0.2, 0) is 10.8 Å². The maximum atomic E-state index is 13.5. The van der Waals surface area contributed by atoms with E-state index in [9.17, 15) is 13.7 Å². The second-order valence-electron chi connectivity index (χ2n) is 6.62. The Kier molecular flexibility index (Phi) is 4.54. The smallest absolute Gasteiger partial charge is 0.125 e. The summed E-state index contributed by atoms with van der Waals surface area (Å²) >= 11 is 0. The molecular weight excluding hydrogens is 351 g/mol. The minimum absolute atomic E-state index is 0.283. The molecule has 1 aliphatic heterocycles. The predicted octanol–water partition coefficient (Wildman–Crippen LogP) is 3.67. The fourth-order valence-electron chi connectivity index (χ4n) is 3.52. The molecule has 2 heterocycles. The molecule has 2 aromatic carbocycles. The fourth-order valence-corrected chi connectivity index (χ4v) is 4.32. The Hall–Kier alpha value is -2.18. The van der Waals surface area contributed by atoms with Gasteiger partial charge >= 0.3 is 0 Å². The first-order chi connectivity index (χ1) is 12.5. The van der Waals surface area contributed by atoms with E-state index in [2.05, 4.69) is 9.88 Å². The van der Waals surface area contributed by atoms with Crippen molar-refractivity contribution in [3.63, 3.8) is 0 Å². The van der Waals surface area contributed by atoms with Crippen molar-refractivity contribution in [3.05, 3.63) is 48.3 Å². The van der Waals surface area contributed by atoms with Crippen LogP contribution >= 0.6 is 0 Å². The molecule has 4 nitrogen and oxygen atoms in total. The quantitative estimate of drug-likeness (QED) is 0.735. The lowest BCUT2D eigenvalue weighted by atomic mass is 10.1. The highest BCUT2D eigenvalue weighted by molar-refractivity contribution is 7.85. The third-order valence-corrected chi connectivity index (χ3v) is 6.18. The van der Waals surface area contributed by atoms with E-state index in [0.717, 1.165) is 45.7 Å². The Balaban J connectivity index is 1.86. The van der Waals surface area contributed by atoms with Crippen LogP contribution in [-0.4, -0.2) is 39.2 Å². The van der Waals surface area contributed by atoms with Crippen LogP contribution in [0.2, 0.25) is 0 Å². The normalized spacial score (nSPS) is 18.6. The molecule has 0 spiro atoms. The van der Waals surface area contributed by atoms with Gasteiger partial charge in [0.1, 0.15) is 5.82 Å². The molecule has 1 saturated heterocycles. The van der Waals surface area contributed by atoms with Crippen LogP contribution in [0.3, 0.4) is 0 Å². The van der Waals surface area contributed by atoms with Gasteiger partial charge in [0, 0.05) is 51.6 Å². The maximum absolute atomic E-state index is 13.5. The van der Waals surface area contributed by atoms with Crippen molar-refractivity contribution in [1.82, 2.24) is 4.98 Å². The van der Waals surface area contributed by atoms with Crippen molar-refractivity contribution < 1.29 is 13.7 Å². The first kappa shape index (κ1) is 17.2. The van der Waals surface area contributed by atoms with Gasteiger partial charge < -0.3 is 15.0 Å². The van der Waals surface area contributed by atoms with Crippen LogP contribution in [0.25, 0.3) is 22.2 Å². The third-order valence-electron chi connectivity index (χ3n) is 4.87. The molecule has 6 heteroatoms. The summed E-state index contributed by atoms with van der Waals surface area (Å²) in [5, 5.41) is 10.8. The van der Waals surface area contributed by atoms with Crippen LogP contribution in [0, 0.1) is 5.82 Å². The number of hydrogen-bond donors (Lipinski definition) is 2. The van der Waals surface area contributed by atoms with E-state index < -0.39 is 10.8 Å². The van der Waals surface area contributed by atoms with Crippen molar-refractivity contribution in [2.24, 2.45) is 0 Å². The molecule has 0 amide bonds. The predicted molar refractivity (Wildman–Crippen MR) is 103 cm³/mol. The molecule has 2 atom stereocenters. The monoisotopic (exact) mass is 372 g/mol. The van der Waals surface area contributed by atoms with Gasteiger partial charge in [-0.3, -0.25) is 4.21 Å². The summed E-state index contributed by atoms with van der Waals surface area (Å²) in [6.45, 7) is 3.25. The molecule has 1 aliphatic rings. The van der Waals surface area contributed by atoms with Crippen molar-refractivity contribution in [1.29, 1.82) is 0 Å². The summed E-state index contributed by atoms with van der Waals surface area (Å²) in [4.78, 5) is 6.20. The summed E-state index contributed by atoms with van der Waals surface area (Å²) in [7, 11) is -1.05. The molecule has 0 bridgehead atoms. The zero-order valence-corrected chi connectivity index (χ0v) is 15.4. The van der Waals surface area contributed by atoms with E-state index in [-0.39, 0.29) is 11.9 Å². The number of hydrogen-bond acceptors (Lipinski definition) is 3. The zero-order chi connectivity index (χ0) is 18.3. The van der Waals surface area contributed by atoms with E-state index in [1.54, 1.807) is 6.07 Å². The lowest BCUT2D eigenvalue weighted by Crippen LogP contribution is -2.22. The highest BCUT2D eigenvalue weighted by Crippen LogP contribution is 2.36. The summed E-state index contributed by atoms with van der Waals surface area (Å²) in [6.07, 6.45) is 0.407. The Morgan fingerprint density at radius 3 is 2.85 bits per heavy atom. The van der Waals surface area contributed by atoms with E-state index in [1.165, 1.54) is 12.1 Å². The van der Waals surface area contributed by atoms with Crippen LogP contribution in [0.1, 0.15) is 13.3 Å². The molecule has 4 rings (SSSR count). The Morgan fingerprint density at radius 2 is 2.12 bits per heavy atom. The van der Waals surface area contributed by atoms with Gasteiger partial charge in [-0.25, -0.2) is 4.39 Å². The Bertz CT molecular complexity index is 985. The van der Waals surface area contributed by atoms with E-state index in [4.69, 9.17) is 0 Å². The number of benzene rings is 2. The molecule has 2 N–H and O–H groups in total. The van der Waals surface area contributed by atoms with Crippen LogP contribution in [0.4, 0.5) is 10.1 Å². The van der Waals surface area contributed by atoms with Gasteiger partial charge in [0.05, 0.1) is 16.9 Å². The molecule has 0 saturated carbocycles. The molecule has 3 aromatic rings. The first-order valence-corrected chi connectivity index (χ1v) is 10.1. The number of β-amino-alcohol motifs (C(OH)–C–C–N with tert-alkyl or cyclic N) is 1. The molecule has 0 aliphatic carbocycles. The van der Waals surface area contributed by atoms with Gasteiger partial charge in [0.2, 0.25) is 0 Å². The summed E-state index contributed by atoms with van der Waals surface area (Å²) in [5.41, 5.74) is 3.51. The average Bonchev–Trinajstić information content (AvgIpc) is 3.26. The van der Waals surface area contributed by atoms with E-state index >= 15 is 0 Å². The first-order valence-electron chi connectivity index (χ1n) is 8.79. The fraction of sp³-hybridized carbons (Fsp3) is 0.300. The molecule has 26 heavy (non-hydrogen) atoms. The highest BCUT2D eigenvalue weighted by atomic mass is 32.2. The van der Waals surface area contributed by atoms with Crippen molar-refractivity contribution in [2.45, 2.75) is 24.3 Å². The number of anilines is 1. The van der Waals surface area contributed by atoms with E-state index in [1.807, 2.05) is 31.2 Å². The minimum atomic E-state index is -1.05. The number of rotatable bonds is 4. The van der Waals surface area contributed by atoms with Gasteiger partial charge in [-0.1, -0.05) is 6.92 Å². The number of fused-ring (bicyclic) bond motifs is 1. The highest BCUT2D eigenvalue weighted by Gasteiger charge is 2.24. The zero-order valence-electron chi connectivity index (χ0n) is 14.5. The van der Waals surface area contributed by atoms with Crippen molar-refractivity contribution in [3.8, 4) is 11.3 Å². The number of aliphatic hydroxyl groups is 1. The van der Waals surface area contributed by atoms with Crippen LogP contribution in [0.5, 0.6) is 0 Å². The number of aliphatic hydroxyl groups excluding tert-OH is 1. The van der Waals surface area contributed by atoms with Gasteiger partial charge in [-0.15, -0.1) is 0 Å². The van der Waals surface area contributed by atoms with Crippen LogP contribution in [0.15, 0.2) is 47.4 Å². The molecule has 1 aromatic heterocycles. The molecule has 0 radical (unpaired) electrons. The number of nitrogens with one attached hydrogen (secondary N) is 1. The SMILES string of the molecule is CC[S@@](=O)c1ccc(N2CCC(O)C2)c(-c2cc3ccc(F)cc3[nH]2)c1. The van der Waals surface area contributed by atoms with Gasteiger partial charge in [0.25, 0.3) is 0 Å². The van der Waals surface area contributed by atoms with Gasteiger partial charge in [-0.05, 0) is 48.9 Å². The minimum Gasteiger partial charge on any atom is -0.391 e. The van der Waals surface area contributed by atoms with Crippen molar-refractivity contribution >= 4 is 27.4 Å². The maximum Gasteiger partial charge on any atom is 0.125 e. The largest absolute Gasteiger partial charge is 0.391 e. The lowest BCUT2D eigenvalue weighted by Gasteiger charge is -2.22. The number of nitrogens with zero attached hydrogens (tertiary/aromatic N) is 1. The molecular formula is C20H21FN2O2S. The average molecular weight is 372 g/mol. The lowest BCUT2D eigenvalue weighted by molar-refractivity contribution is 0.198. The number of H-pyrrole nitrogens is 1. The molecule has 136 valence electrons. The topological polar surface area (TPSA) is 56.3 Å². The molecule has 1 unspecified atom stereocenters. The second-order valence-corrected chi connectivity index (χ2v) is 8.36. The van der Waals surface area contributed by atoms with E-state index in [0.29, 0.717) is 12.3 Å². The number of halogens is 1. The second kappa shape index (κ2) is 6.85. The number of aromatic nitrogens is 1.